The number of rotatable bonds is 2. The van der Waals surface area contributed by atoms with E-state index < -0.39 is 0 Å². The van der Waals surface area contributed by atoms with Crippen LogP contribution in [-0.4, -0.2) is 9.55 Å². The molecule has 0 radical (unpaired) electrons. The lowest BCUT2D eigenvalue weighted by atomic mass is 9.94. The number of hydrogen-bond acceptors (Lipinski definition) is 1. The number of nitrogens with zero attached hydrogens (tertiary/aromatic N) is 1. The minimum atomic E-state index is 0.712. The van der Waals surface area contributed by atoms with Gasteiger partial charge in [-0.15, -0.1) is 0 Å². The van der Waals surface area contributed by atoms with Gasteiger partial charge in [-0.05, 0) is 55.6 Å². The molecule has 18 heavy (non-hydrogen) atoms. The summed E-state index contributed by atoms with van der Waals surface area (Å²) in [6.07, 6.45) is 8.21. The van der Waals surface area contributed by atoms with Crippen molar-refractivity contribution in [2.45, 2.75) is 25.8 Å². The van der Waals surface area contributed by atoms with Gasteiger partial charge >= 0.3 is 0 Å². The Kier molecular flexibility index (Phi) is 3.39. The summed E-state index contributed by atoms with van der Waals surface area (Å²) in [6.45, 7) is 1.02. The maximum absolute atomic E-state index is 5.44. The number of H-pyrrole nitrogens is 1. The summed E-state index contributed by atoms with van der Waals surface area (Å²) in [5.74, 6) is 0.712. The van der Waals surface area contributed by atoms with Crippen LogP contribution in [0, 0.1) is 10.7 Å². The molecule has 3 rings (SSSR count). The number of hydrogen-bond donors (Lipinski definition) is 1. The lowest BCUT2D eigenvalue weighted by molar-refractivity contribution is 0.413. The van der Waals surface area contributed by atoms with Gasteiger partial charge in [-0.2, -0.15) is 0 Å². The predicted molar refractivity (Wildman–Crippen MR) is 81.3 cm³/mol. The number of halogens is 1. The molecular formula is C14H15BrN2S. The Morgan fingerprint density at radius 3 is 3.06 bits per heavy atom. The highest BCUT2D eigenvalue weighted by Crippen LogP contribution is 2.24. The molecule has 1 aliphatic carbocycles. The first-order valence-corrected chi connectivity index (χ1v) is 7.47. The van der Waals surface area contributed by atoms with Crippen LogP contribution < -0.4 is 0 Å². The lowest BCUT2D eigenvalue weighted by Crippen LogP contribution is -2.12. The molecule has 0 aliphatic heterocycles. The topological polar surface area (TPSA) is 20.7 Å². The standard InChI is InChI=1S/C14H15BrN2S/c15-11-6-7-13-12(8-11)16-14(18)17(13)9-10-4-2-1-3-5-10/h1-2,6-8,10H,3-5,9H2,(H,16,18). The van der Waals surface area contributed by atoms with Crippen molar-refractivity contribution in [2.75, 3.05) is 0 Å². The molecule has 94 valence electrons. The van der Waals surface area contributed by atoms with Crippen molar-refractivity contribution in [1.29, 1.82) is 0 Å². The molecule has 1 aromatic carbocycles. The second kappa shape index (κ2) is 5.02. The fraction of sp³-hybridized carbons (Fsp3) is 0.357. The van der Waals surface area contributed by atoms with Crippen molar-refractivity contribution in [3.63, 3.8) is 0 Å². The van der Waals surface area contributed by atoms with Crippen LogP contribution in [0.25, 0.3) is 11.0 Å². The molecule has 2 nitrogen and oxygen atoms in total. The second-order valence-corrected chi connectivity index (χ2v) is 6.16. The zero-order valence-electron chi connectivity index (χ0n) is 10.0. The van der Waals surface area contributed by atoms with Gasteiger partial charge in [-0.25, -0.2) is 0 Å². The van der Waals surface area contributed by atoms with Crippen molar-refractivity contribution >= 4 is 39.2 Å². The van der Waals surface area contributed by atoms with E-state index in [0.717, 1.165) is 21.3 Å². The maximum atomic E-state index is 5.44. The van der Waals surface area contributed by atoms with Crippen molar-refractivity contribution in [3.8, 4) is 0 Å². The normalized spacial score (nSPS) is 19.5. The van der Waals surface area contributed by atoms with Crippen molar-refractivity contribution in [2.24, 2.45) is 5.92 Å². The molecule has 1 heterocycles. The molecule has 4 heteroatoms. The van der Waals surface area contributed by atoms with Gasteiger partial charge in [0, 0.05) is 11.0 Å². The summed E-state index contributed by atoms with van der Waals surface area (Å²) >= 11 is 8.93. The van der Waals surface area contributed by atoms with E-state index in [-0.39, 0.29) is 0 Å². The number of nitrogens with one attached hydrogen (secondary N) is 1. The van der Waals surface area contributed by atoms with E-state index in [2.05, 4.69) is 55.8 Å². The Morgan fingerprint density at radius 1 is 1.39 bits per heavy atom. The zero-order valence-corrected chi connectivity index (χ0v) is 12.4. The Morgan fingerprint density at radius 2 is 2.28 bits per heavy atom. The van der Waals surface area contributed by atoms with Gasteiger partial charge < -0.3 is 9.55 Å². The van der Waals surface area contributed by atoms with E-state index in [1.54, 1.807) is 0 Å². The number of allylic oxidation sites excluding steroid dienone is 2. The van der Waals surface area contributed by atoms with E-state index in [1.165, 1.54) is 24.8 Å². The highest BCUT2D eigenvalue weighted by Gasteiger charge is 2.13. The molecule has 0 bridgehead atoms. The molecule has 0 saturated carbocycles. The van der Waals surface area contributed by atoms with Gasteiger partial charge in [0.25, 0.3) is 0 Å². The summed E-state index contributed by atoms with van der Waals surface area (Å²) in [6, 6.07) is 6.29. The Hall–Kier alpha value is -0.870. The summed E-state index contributed by atoms with van der Waals surface area (Å²) in [7, 11) is 0. The van der Waals surface area contributed by atoms with E-state index in [9.17, 15) is 0 Å². The van der Waals surface area contributed by atoms with Crippen LogP contribution >= 0.6 is 28.1 Å². The fourth-order valence-corrected chi connectivity index (χ4v) is 3.24. The van der Waals surface area contributed by atoms with Crippen LogP contribution in [-0.2, 0) is 6.54 Å². The number of aromatic nitrogens is 2. The number of fused-ring (bicyclic) bond motifs is 1. The first-order chi connectivity index (χ1) is 8.74. The predicted octanol–water partition coefficient (Wildman–Crippen LogP) is 4.82. The maximum Gasteiger partial charge on any atom is 0.178 e. The number of benzene rings is 1. The van der Waals surface area contributed by atoms with E-state index in [1.807, 2.05) is 0 Å². The first kappa shape index (κ1) is 12.2. The molecule has 1 unspecified atom stereocenters. The van der Waals surface area contributed by atoms with Crippen LogP contribution in [0.1, 0.15) is 19.3 Å². The van der Waals surface area contributed by atoms with Crippen LogP contribution in [0.15, 0.2) is 34.8 Å². The fourth-order valence-electron chi connectivity index (χ4n) is 2.60. The number of imidazole rings is 1. The highest BCUT2D eigenvalue weighted by molar-refractivity contribution is 9.10. The molecule has 1 N–H and O–H groups in total. The second-order valence-electron chi connectivity index (χ2n) is 4.85. The SMILES string of the molecule is S=c1[nH]c2cc(Br)ccc2n1CC1CC=CCC1. The third-order valence-electron chi connectivity index (χ3n) is 3.55. The Labute approximate surface area is 120 Å². The smallest absolute Gasteiger partial charge is 0.178 e. The van der Waals surface area contributed by atoms with E-state index in [4.69, 9.17) is 12.2 Å². The Balaban J connectivity index is 1.98. The van der Waals surface area contributed by atoms with Crippen LogP contribution in [0.5, 0.6) is 0 Å². The summed E-state index contributed by atoms with van der Waals surface area (Å²) in [4.78, 5) is 3.29. The average Bonchev–Trinajstić information content (AvgIpc) is 2.66. The first-order valence-electron chi connectivity index (χ1n) is 6.27. The third-order valence-corrected chi connectivity index (χ3v) is 4.37. The average molecular weight is 323 g/mol. The van der Waals surface area contributed by atoms with Gasteiger partial charge in [-0.1, -0.05) is 28.1 Å². The largest absolute Gasteiger partial charge is 0.331 e. The van der Waals surface area contributed by atoms with Gasteiger partial charge in [-0.3, -0.25) is 0 Å². The molecule has 0 saturated heterocycles. The molecule has 0 amide bonds. The minimum Gasteiger partial charge on any atom is -0.331 e. The summed E-state index contributed by atoms with van der Waals surface area (Å²) in [5.41, 5.74) is 2.32. The van der Waals surface area contributed by atoms with Gasteiger partial charge in [0.15, 0.2) is 4.77 Å². The van der Waals surface area contributed by atoms with Crippen LogP contribution in [0.2, 0.25) is 0 Å². The third kappa shape index (κ3) is 2.31. The van der Waals surface area contributed by atoms with Crippen molar-refractivity contribution < 1.29 is 0 Å². The van der Waals surface area contributed by atoms with Crippen LogP contribution in [0.4, 0.5) is 0 Å². The molecule has 1 aliphatic rings. The number of aromatic amines is 1. The van der Waals surface area contributed by atoms with E-state index >= 15 is 0 Å². The molecule has 0 fully saturated rings. The monoisotopic (exact) mass is 322 g/mol. The quantitative estimate of drug-likeness (QED) is 0.621. The molecular weight excluding hydrogens is 308 g/mol. The molecule has 0 spiro atoms. The molecule has 1 aromatic heterocycles. The molecule has 1 atom stereocenters. The van der Waals surface area contributed by atoms with Crippen molar-refractivity contribution in [1.82, 2.24) is 9.55 Å². The summed E-state index contributed by atoms with van der Waals surface area (Å²) < 4.78 is 4.15. The minimum absolute atomic E-state index is 0.712. The van der Waals surface area contributed by atoms with Crippen molar-refractivity contribution in [3.05, 3.63) is 39.6 Å². The zero-order chi connectivity index (χ0) is 12.5. The lowest BCUT2D eigenvalue weighted by Gasteiger charge is -2.18. The van der Waals surface area contributed by atoms with Gasteiger partial charge in [0.05, 0.1) is 11.0 Å². The Bertz CT molecular complexity index is 653. The molecule has 2 aromatic rings. The van der Waals surface area contributed by atoms with Gasteiger partial charge in [0.2, 0.25) is 0 Å². The van der Waals surface area contributed by atoms with Crippen LogP contribution in [0.3, 0.4) is 0 Å². The van der Waals surface area contributed by atoms with E-state index in [0.29, 0.717) is 5.92 Å². The van der Waals surface area contributed by atoms with Gasteiger partial charge in [0.1, 0.15) is 0 Å². The highest BCUT2D eigenvalue weighted by atomic mass is 79.9. The summed E-state index contributed by atoms with van der Waals surface area (Å²) in [5, 5.41) is 0.